The molecule has 0 N–H and O–H groups in total. The second-order valence-electron chi connectivity index (χ2n) is 12.0. The Labute approximate surface area is 234 Å². The van der Waals surface area contributed by atoms with E-state index in [9.17, 15) is 0 Å². The van der Waals surface area contributed by atoms with Gasteiger partial charge in [0.05, 0.1) is 13.1 Å². The molecule has 2 nitrogen and oxygen atoms in total. The molecule has 1 rings (SSSR count). The molecule has 0 aromatic carbocycles. The second-order valence-corrected chi connectivity index (χ2v) is 12.0. The average Bonchev–Trinajstić information content (AvgIpc) is 3.29. The van der Waals surface area contributed by atoms with Crippen molar-refractivity contribution in [1.82, 2.24) is 4.57 Å². The first-order valence-corrected chi connectivity index (χ1v) is 17.4. The number of aromatic nitrogens is 2. The summed E-state index contributed by atoms with van der Waals surface area (Å²) in [6.07, 6.45) is 42.9. The lowest BCUT2D eigenvalue weighted by molar-refractivity contribution is -0.704. The first-order chi connectivity index (χ1) is 18.3. The van der Waals surface area contributed by atoms with Crippen molar-refractivity contribution in [3.63, 3.8) is 0 Å². The van der Waals surface area contributed by atoms with Gasteiger partial charge >= 0.3 is 0 Å². The van der Waals surface area contributed by atoms with Crippen molar-refractivity contribution in [3.8, 4) is 0 Å². The summed E-state index contributed by atoms with van der Waals surface area (Å²) < 4.78 is 5.23. The molecule has 218 valence electrons. The molecule has 0 atom stereocenters. The van der Waals surface area contributed by atoms with Crippen LogP contribution in [0.3, 0.4) is 0 Å². The molecular weight excluding hydrogens is 448 g/mol. The van der Waals surface area contributed by atoms with E-state index in [0.29, 0.717) is 0 Å². The van der Waals surface area contributed by atoms with Gasteiger partial charge in [0.25, 0.3) is 5.82 Å². The number of nitrogens with zero attached hydrogens (tertiary/aromatic N) is 2. The molecule has 1 heterocycles. The summed E-state index contributed by atoms with van der Waals surface area (Å²) in [6.45, 7) is 9.39. The van der Waals surface area contributed by atoms with E-state index in [-0.39, 0.29) is 0 Å². The zero-order chi connectivity index (χ0) is 26.7. The number of unbranched alkanes of at least 4 members (excludes halogenated alkanes) is 23. The number of rotatable bonds is 29. The highest BCUT2D eigenvalue weighted by atomic mass is 15.1. The van der Waals surface area contributed by atoms with Gasteiger partial charge in [-0.1, -0.05) is 156 Å². The highest BCUT2D eigenvalue weighted by Gasteiger charge is 2.16. The summed E-state index contributed by atoms with van der Waals surface area (Å²) in [4.78, 5) is 0. The summed E-state index contributed by atoms with van der Waals surface area (Å²) in [5, 5.41) is 0. The summed E-state index contributed by atoms with van der Waals surface area (Å²) in [7, 11) is 0. The molecule has 0 aliphatic rings. The third-order valence-electron chi connectivity index (χ3n) is 8.35. The van der Waals surface area contributed by atoms with Crippen LogP contribution in [0.1, 0.15) is 194 Å². The maximum Gasteiger partial charge on any atom is 0.256 e. The predicted octanol–water partition coefficient (Wildman–Crippen LogP) is 11.5. The second kappa shape index (κ2) is 26.8. The normalized spacial score (nSPS) is 11.5. The third-order valence-corrected chi connectivity index (χ3v) is 8.35. The molecule has 0 bridgehead atoms. The molecular formula is C35H69N2+. The minimum Gasteiger partial charge on any atom is -0.234 e. The van der Waals surface area contributed by atoms with E-state index < -0.39 is 0 Å². The average molecular weight is 518 g/mol. The molecule has 0 amide bonds. The van der Waals surface area contributed by atoms with Gasteiger partial charge in [-0.2, -0.15) is 0 Å². The van der Waals surface area contributed by atoms with Crippen molar-refractivity contribution in [2.75, 3.05) is 0 Å². The van der Waals surface area contributed by atoms with Gasteiger partial charge in [-0.25, -0.2) is 9.13 Å². The Hall–Kier alpha value is -0.790. The van der Waals surface area contributed by atoms with Crippen LogP contribution in [0.4, 0.5) is 0 Å². The van der Waals surface area contributed by atoms with Crippen LogP contribution in [0.25, 0.3) is 0 Å². The SMILES string of the molecule is CCCCCCCCCCCCCCn1cc[n+](CCCCCCCCCCC)c1CCCCCCC. The fourth-order valence-electron chi connectivity index (χ4n) is 5.80. The maximum atomic E-state index is 2.61. The summed E-state index contributed by atoms with van der Waals surface area (Å²) in [6, 6.07) is 0. The van der Waals surface area contributed by atoms with Crippen LogP contribution >= 0.6 is 0 Å². The van der Waals surface area contributed by atoms with E-state index in [1.165, 1.54) is 186 Å². The molecule has 1 aromatic rings. The Morgan fingerprint density at radius 3 is 1.30 bits per heavy atom. The molecule has 37 heavy (non-hydrogen) atoms. The highest BCUT2D eigenvalue weighted by molar-refractivity contribution is 4.84. The fraction of sp³-hybridized carbons (Fsp3) is 0.914. The zero-order valence-electron chi connectivity index (χ0n) is 26.1. The van der Waals surface area contributed by atoms with Crippen molar-refractivity contribution in [2.24, 2.45) is 0 Å². The maximum absolute atomic E-state index is 2.61. The Morgan fingerprint density at radius 1 is 0.459 bits per heavy atom. The van der Waals surface area contributed by atoms with Crippen LogP contribution in [0, 0.1) is 0 Å². The van der Waals surface area contributed by atoms with Gasteiger partial charge in [0.2, 0.25) is 0 Å². The summed E-state index contributed by atoms with van der Waals surface area (Å²) in [5.74, 6) is 1.61. The zero-order valence-corrected chi connectivity index (χ0v) is 26.1. The molecule has 1 aromatic heterocycles. The quantitative estimate of drug-likeness (QED) is 0.0737. The standard InChI is InChI=1S/C35H69N2/c1-4-7-10-13-15-17-18-19-21-23-26-29-32-37-34-33-36(35(37)30-27-24-12-9-6-3)31-28-25-22-20-16-14-11-8-5-2/h33-34H,4-32H2,1-3H3/q+1. The molecule has 0 spiro atoms. The Balaban J connectivity index is 2.26. The number of aryl methyl sites for hydroxylation is 2. The first kappa shape index (κ1) is 34.2. The van der Waals surface area contributed by atoms with Gasteiger partial charge in [-0.15, -0.1) is 0 Å². The van der Waals surface area contributed by atoms with Crippen LogP contribution in [0.5, 0.6) is 0 Å². The van der Waals surface area contributed by atoms with Gasteiger partial charge in [0.1, 0.15) is 12.4 Å². The molecule has 0 saturated carbocycles. The van der Waals surface area contributed by atoms with Crippen LogP contribution in [0.15, 0.2) is 12.4 Å². The largest absolute Gasteiger partial charge is 0.256 e. The smallest absolute Gasteiger partial charge is 0.234 e. The predicted molar refractivity (Wildman–Crippen MR) is 165 cm³/mol. The number of hydrogen-bond acceptors (Lipinski definition) is 0. The van der Waals surface area contributed by atoms with Crippen LogP contribution < -0.4 is 4.57 Å². The summed E-state index contributed by atoms with van der Waals surface area (Å²) in [5.41, 5.74) is 0. The topological polar surface area (TPSA) is 8.81 Å². The fourth-order valence-corrected chi connectivity index (χ4v) is 5.80. The Bertz CT molecular complexity index is 576. The van der Waals surface area contributed by atoms with Crippen molar-refractivity contribution >= 4 is 0 Å². The van der Waals surface area contributed by atoms with E-state index in [4.69, 9.17) is 0 Å². The van der Waals surface area contributed by atoms with E-state index in [2.05, 4.69) is 42.3 Å². The first-order valence-electron chi connectivity index (χ1n) is 17.4. The monoisotopic (exact) mass is 518 g/mol. The van der Waals surface area contributed by atoms with E-state index in [0.717, 1.165) is 0 Å². The van der Waals surface area contributed by atoms with Crippen LogP contribution in [0.2, 0.25) is 0 Å². The Morgan fingerprint density at radius 2 is 0.838 bits per heavy atom. The lowest BCUT2D eigenvalue weighted by atomic mass is 10.1. The van der Waals surface area contributed by atoms with Crippen LogP contribution in [-0.4, -0.2) is 4.57 Å². The van der Waals surface area contributed by atoms with E-state index in [1.54, 1.807) is 5.82 Å². The van der Waals surface area contributed by atoms with Gasteiger partial charge in [-0.05, 0) is 32.1 Å². The Kier molecular flexibility index (Phi) is 24.8. The van der Waals surface area contributed by atoms with Crippen molar-refractivity contribution < 1.29 is 4.57 Å². The molecule has 0 aliphatic carbocycles. The molecule has 0 saturated heterocycles. The number of hydrogen-bond donors (Lipinski definition) is 0. The molecule has 0 aliphatic heterocycles. The number of imidazole rings is 1. The van der Waals surface area contributed by atoms with Gasteiger partial charge in [0.15, 0.2) is 0 Å². The van der Waals surface area contributed by atoms with Gasteiger partial charge in [-0.3, -0.25) is 0 Å². The molecule has 0 unspecified atom stereocenters. The van der Waals surface area contributed by atoms with Gasteiger partial charge in [0, 0.05) is 6.42 Å². The van der Waals surface area contributed by atoms with Gasteiger partial charge < -0.3 is 0 Å². The minimum absolute atomic E-state index is 1.23. The van der Waals surface area contributed by atoms with Crippen molar-refractivity contribution in [2.45, 2.75) is 207 Å². The minimum atomic E-state index is 1.23. The highest BCUT2D eigenvalue weighted by Crippen LogP contribution is 2.14. The van der Waals surface area contributed by atoms with E-state index >= 15 is 0 Å². The van der Waals surface area contributed by atoms with E-state index in [1.807, 2.05) is 0 Å². The lowest BCUT2D eigenvalue weighted by Gasteiger charge is -2.07. The summed E-state index contributed by atoms with van der Waals surface area (Å²) >= 11 is 0. The molecule has 0 radical (unpaired) electrons. The van der Waals surface area contributed by atoms with Crippen molar-refractivity contribution in [3.05, 3.63) is 18.2 Å². The lowest BCUT2D eigenvalue weighted by Crippen LogP contribution is -2.37. The van der Waals surface area contributed by atoms with Crippen molar-refractivity contribution in [1.29, 1.82) is 0 Å². The van der Waals surface area contributed by atoms with Crippen LogP contribution in [-0.2, 0) is 19.5 Å². The molecule has 0 fully saturated rings. The third kappa shape index (κ3) is 19.9. The molecule has 2 heteroatoms.